The molecule has 0 aromatic heterocycles. The van der Waals surface area contributed by atoms with Crippen LogP contribution in [0.2, 0.25) is 0 Å². The third-order valence-corrected chi connectivity index (χ3v) is 13.8. The lowest BCUT2D eigenvalue weighted by molar-refractivity contribution is -0.265. The van der Waals surface area contributed by atoms with Crippen LogP contribution in [0.3, 0.4) is 0 Å². The van der Waals surface area contributed by atoms with Gasteiger partial charge in [0, 0.05) is 30.3 Å². The number of rotatable bonds is 3. The van der Waals surface area contributed by atoms with Gasteiger partial charge < -0.3 is 25.0 Å². The first-order valence-corrected chi connectivity index (χ1v) is 17.2. The average Bonchev–Trinajstić information content (AvgIpc) is 3.50. The predicted octanol–water partition coefficient (Wildman–Crippen LogP) is 5.96. The SMILES string of the molecule is CC#CC1(O)CCC2C3CCC4(O)CC5(CCC4C3C(C3CCC(NC4CCCCC4)CC3)CC21C)OCCO5. The van der Waals surface area contributed by atoms with Gasteiger partial charge in [-0.15, -0.1) is 5.92 Å². The Hall–Kier alpha value is -0.640. The average molecular weight is 554 g/mol. The molecule has 0 aromatic rings. The fraction of sp³-hybridized carbons (Fsp3) is 0.943. The van der Waals surface area contributed by atoms with Crippen LogP contribution in [-0.4, -0.2) is 52.5 Å². The van der Waals surface area contributed by atoms with E-state index >= 15 is 0 Å². The summed E-state index contributed by atoms with van der Waals surface area (Å²) in [7, 11) is 0. The molecular formula is C35H55NO4. The molecule has 224 valence electrons. The van der Waals surface area contributed by atoms with E-state index in [1.807, 2.05) is 6.92 Å². The van der Waals surface area contributed by atoms with Gasteiger partial charge in [0.05, 0.1) is 18.8 Å². The van der Waals surface area contributed by atoms with Gasteiger partial charge in [0.15, 0.2) is 5.79 Å². The van der Waals surface area contributed by atoms with E-state index in [0.29, 0.717) is 61.2 Å². The molecule has 6 aliphatic carbocycles. The summed E-state index contributed by atoms with van der Waals surface area (Å²) >= 11 is 0. The largest absolute Gasteiger partial charge is 0.389 e. The van der Waals surface area contributed by atoms with Gasteiger partial charge in [-0.3, -0.25) is 0 Å². The second-order valence-corrected chi connectivity index (χ2v) is 15.6. The number of aliphatic hydroxyl groups is 2. The van der Waals surface area contributed by atoms with Crippen LogP contribution in [0.1, 0.15) is 123 Å². The Labute approximate surface area is 242 Å². The number of hydrogen-bond donors (Lipinski definition) is 3. The molecule has 1 heterocycles. The second-order valence-electron chi connectivity index (χ2n) is 15.6. The summed E-state index contributed by atoms with van der Waals surface area (Å²) in [6.45, 7) is 5.60. The van der Waals surface area contributed by atoms with Crippen molar-refractivity contribution in [3.63, 3.8) is 0 Å². The van der Waals surface area contributed by atoms with Crippen LogP contribution >= 0.6 is 0 Å². The minimum Gasteiger partial charge on any atom is -0.389 e. The van der Waals surface area contributed by atoms with E-state index in [-0.39, 0.29) is 5.41 Å². The lowest BCUT2D eigenvalue weighted by atomic mass is 9.43. The molecule has 3 N–H and O–H groups in total. The van der Waals surface area contributed by atoms with Crippen molar-refractivity contribution in [2.24, 2.45) is 40.9 Å². The quantitative estimate of drug-likeness (QED) is 0.376. The Balaban J connectivity index is 1.15. The minimum absolute atomic E-state index is 0.151. The van der Waals surface area contributed by atoms with Crippen LogP contribution in [0.15, 0.2) is 0 Å². The van der Waals surface area contributed by atoms with Crippen molar-refractivity contribution >= 4 is 0 Å². The highest BCUT2D eigenvalue weighted by atomic mass is 16.7. The lowest BCUT2D eigenvalue weighted by Gasteiger charge is -2.63. The van der Waals surface area contributed by atoms with Crippen molar-refractivity contribution < 1.29 is 19.7 Å². The van der Waals surface area contributed by atoms with E-state index in [9.17, 15) is 10.2 Å². The van der Waals surface area contributed by atoms with Gasteiger partial charge in [-0.2, -0.15) is 0 Å². The second kappa shape index (κ2) is 10.5. The van der Waals surface area contributed by atoms with Gasteiger partial charge in [0.25, 0.3) is 0 Å². The van der Waals surface area contributed by atoms with E-state index in [1.54, 1.807) is 0 Å². The molecule has 0 radical (unpaired) electrons. The van der Waals surface area contributed by atoms with Gasteiger partial charge in [-0.25, -0.2) is 0 Å². The zero-order valence-electron chi connectivity index (χ0n) is 25.3. The van der Waals surface area contributed by atoms with Crippen molar-refractivity contribution in [2.45, 2.75) is 152 Å². The molecule has 7 aliphatic rings. The molecule has 0 bridgehead atoms. The highest BCUT2D eigenvalue weighted by Crippen LogP contribution is 2.69. The van der Waals surface area contributed by atoms with Gasteiger partial charge in [0.1, 0.15) is 5.60 Å². The highest BCUT2D eigenvalue weighted by molar-refractivity contribution is 5.26. The summed E-state index contributed by atoms with van der Waals surface area (Å²) in [4.78, 5) is 0. The van der Waals surface area contributed by atoms with E-state index in [2.05, 4.69) is 24.1 Å². The lowest BCUT2D eigenvalue weighted by Crippen LogP contribution is -2.63. The molecule has 1 aliphatic heterocycles. The highest BCUT2D eigenvalue weighted by Gasteiger charge is 2.68. The molecule has 5 heteroatoms. The maximum absolute atomic E-state index is 12.3. The van der Waals surface area contributed by atoms with Gasteiger partial charge in [0.2, 0.25) is 0 Å². The monoisotopic (exact) mass is 553 g/mol. The Kier molecular flexibility index (Phi) is 7.40. The molecule has 1 saturated heterocycles. The normalized spacial score (nSPS) is 50.5. The molecule has 1 spiro atoms. The van der Waals surface area contributed by atoms with Crippen LogP contribution < -0.4 is 5.32 Å². The molecule has 8 unspecified atom stereocenters. The summed E-state index contributed by atoms with van der Waals surface area (Å²) in [5.74, 6) is 9.11. The predicted molar refractivity (Wildman–Crippen MR) is 156 cm³/mol. The van der Waals surface area contributed by atoms with E-state index in [1.165, 1.54) is 57.8 Å². The van der Waals surface area contributed by atoms with E-state index < -0.39 is 17.0 Å². The van der Waals surface area contributed by atoms with Crippen LogP contribution in [-0.2, 0) is 9.47 Å². The number of ether oxygens (including phenoxy) is 2. The van der Waals surface area contributed by atoms with Gasteiger partial charge >= 0.3 is 0 Å². The van der Waals surface area contributed by atoms with E-state index in [0.717, 1.165) is 51.0 Å². The molecule has 0 aromatic carbocycles. The molecule has 5 nitrogen and oxygen atoms in total. The van der Waals surface area contributed by atoms with E-state index in [4.69, 9.17) is 9.47 Å². The number of hydrogen-bond acceptors (Lipinski definition) is 5. The van der Waals surface area contributed by atoms with Crippen LogP contribution in [0, 0.1) is 52.8 Å². The van der Waals surface area contributed by atoms with Crippen molar-refractivity contribution in [1.29, 1.82) is 0 Å². The molecule has 0 amide bonds. The summed E-state index contributed by atoms with van der Waals surface area (Å²) in [6.07, 6.45) is 19.5. The maximum Gasteiger partial charge on any atom is 0.171 e. The molecule has 40 heavy (non-hydrogen) atoms. The van der Waals surface area contributed by atoms with Crippen molar-refractivity contribution in [3.05, 3.63) is 0 Å². The third kappa shape index (κ3) is 4.54. The molecule has 7 fully saturated rings. The Morgan fingerprint density at radius 1 is 0.750 bits per heavy atom. The standard InChI is InChI=1S/C35H55NO4/c1-3-16-34(38)18-14-29-27-13-17-33(37)23-35(39-20-21-40-35)19-15-30(33)31(27)28(22-32(29,34)2)24-9-11-26(12-10-24)36-25-7-5-4-6-8-25/h24-31,36-38H,4-15,17-23H2,1-2H3. The maximum atomic E-state index is 12.3. The Morgan fingerprint density at radius 2 is 1.45 bits per heavy atom. The van der Waals surface area contributed by atoms with Crippen molar-refractivity contribution in [3.8, 4) is 11.8 Å². The molecular weight excluding hydrogens is 498 g/mol. The summed E-state index contributed by atoms with van der Waals surface area (Å²) < 4.78 is 12.3. The number of nitrogens with one attached hydrogen (secondary N) is 1. The van der Waals surface area contributed by atoms with Crippen molar-refractivity contribution in [1.82, 2.24) is 5.32 Å². The smallest absolute Gasteiger partial charge is 0.171 e. The minimum atomic E-state index is -0.870. The third-order valence-electron chi connectivity index (χ3n) is 13.8. The fourth-order valence-corrected chi connectivity index (χ4v) is 12.0. The fourth-order valence-electron chi connectivity index (χ4n) is 12.0. The summed E-state index contributed by atoms with van der Waals surface area (Å²) in [5.41, 5.74) is -1.71. The Morgan fingerprint density at radius 3 is 2.17 bits per heavy atom. The van der Waals surface area contributed by atoms with Gasteiger partial charge in [-0.05, 0) is 119 Å². The topological polar surface area (TPSA) is 71.0 Å². The number of fused-ring (bicyclic) bond motifs is 5. The summed E-state index contributed by atoms with van der Waals surface area (Å²) in [5, 5.41) is 28.4. The van der Waals surface area contributed by atoms with Crippen LogP contribution in [0.25, 0.3) is 0 Å². The zero-order chi connectivity index (χ0) is 27.6. The first-order chi connectivity index (χ1) is 19.3. The molecule has 7 rings (SSSR count). The van der Waals surface area contributed by atoms with Crippen LogP contribution in [0.5, 0.6) is 0 Å². The van der Waals surface area contributed by atoms with Crippen molar-refractivity contribution in [2.75, 3.05) is 13.2 Å². The first kappa shape index (κ1) is 28.1. The van der Waals surface area contributed by atoms with Crippen LogP contribution in [0.4, 0.5) is 0 Å². The molecule has 8 atom stereocenters. The molecule has 6 saturated carbocycles. The van der Waals surface area contributed by atoms with Gasteiger partial charge in [-0.1, -0.05) is 32.1 Å². The first-order valence-electron chi connectivity index (χ1n) is 17.2. The summed E-state index contributed by atoms with van der Waals surface area (Å²) in [6, 6.07) is 1.41. The Bertz CT molecular complexity index is 985. The zero-order valence-corrected chi connectivity index (χ0v) is 25.3.